The largest absolute Gasteiger partial charge is 0.376 e. The van der Waals surface area contributed by atoms with Gasteiger partial charge in [-0.25, -0.2) is 0 Å². The molecule has 0 heterocycles. The van der Waals surface area contributed by atoms with Crippen LogP contribution < -0.4 is 0 Å². The Balaban J connectivity index is 2.95. The number of aliphatic hydroxyl groups is 1. The number of aliphatic hydroxyl groups excluding tert-OH is 1. The summed E-state index contributed by atoms with van der Waals surface area (Å²) in [6, 6.07) is 0. The fourth-order valence-corrected chi connectivity index (χ4v) is 0.577. The molecule has 0 spiro atoms. The molecule has 0 aliphatic carbocycles. The van der Waals surface area contributed by atoms with Crippen molar-refractivity contribution >= 4 is 11.6 Å². The van der Waals surface area contributed by atoms with Crippen molar-refractivity contribution in [3.05, 3.63) is 0 Å². The van der Waals surface area contributed by atoms with Crippen LogP contribution in [-0.2, 0) is 0 Å². The number of alkyl halides is 1. The lowest BCUT2D eigenvalue weighted by atomic mass is 10.6. The fraction of sp³-hybridized carbons (Fsp3) is 1.00. The molecule has 0 aromatic carbocycles. The van der Waals surface area contributed by atoms with Gasteiger partial charge in [0.2, 0.25) is 0 Å². The van der Waals surface area contributed by atoms with Gasteiger partial charge < -0.3 is 10.0 Å². The lowest BCUT2D eigenvalue weighted by molar-refractivity contribution is 0.206. The third-order valence-electron chi connectivity index (χ3n) is 0.516. The molecule has 1 atom stereocenters. The van der Waals surface area contributed by atoms with Gasteiger partial charge in [-0.05, 0) is 14.1 Å². The first-order valence-electron chi connectivity index (χ1n) is 2.10. The van der Waals surface area contributed by atoms with Crippen LogP contribution in [0.15, 0.2) is 0 Å². The zero-order chi connectivity index (χ0) is 5.86. The summed E-state index contributed by atoms with van der Waals surface area (Å²) < 4.78 is 0. The van der Waals surface area contributed by atoms with E-state index < -0.39 is 5.56 Å². The normalized spacial score (nSPS) is 15.0. The van der Waals surface area contributed by atoms with Gasteiger partial charge in [-0.3, -0.25) is 0 Å². The van der Waals surface area contributed by atoms with Gasteiger partial charge in [0, 0.05) is 6.54 Å². The van der Waals surface area contributed by atoms with Crippen molar-refractivity contribution in [2.24, 2.45) is 0 Å². The Kier molecular flexibility index (Phi) is 3.34. The van der Waals surface area contributed by atoms with Gasteiger partial charge >= 0.3 is 0 Å². The van der Waals surface area contributed by atoms with Crippen LogP contribution in [0.2, 0.25) is 0 Å². The maximum absolute atomic E-state index is 8.45. The molecular formula is C4H10ClNO. The summed E-state index contributed by atoms with van der Waals surface area (Å²) in [6.07, 6.45) is 0. The van der Waals surface area contributed by atoms with Crippen molar-refractivity contribution in [2.75, 3.05) is 20.6 Å². The monoisotopic (exact) mass is 123 g/mol. The predicted molar refractivity (Wildman–Crippen MR) is 30.4 cm³/mol. The van der Waals surface area contributed by atoms with Gasteiger partial charge in [-0.1, -0.05) is 11.6 Å². The van der Waals surface area contributed by atoms with Crippen LogP contribution in [0.1, 0.15) is 0 Å². The van der Waals surface area contributed by atoms with E-state index in [4.69, 9.17) is 16.7 Å². The second kappa shape index (κ2) is 3.24. The highest BCUT2D eigenvalue weighted by Crippen LogP contribution is 1.88. The molecule has 0 aromatic heterocycles. The smallest absolute Gasteiger partial charge is 0.140 e. The Morgan fingerprint density at radius 2 is 2.14 bits per heavy atom. The Morgan fingerprint density at radius 1 is 1.71 bits per heavy atom. The Labute approximate surface area is 48.7 Å². The Hall–Kier alpha value is 0.210. The highest BCUT2D eigenvalue weighted by atomic mass is 35.5. The molecule has 2 nitrogen and oxygen atoms in total. The van der Waals surface area contributed by atoms with Crippen LogP contribution in [0.5, 0.6) is 0 Å². The first kappa shape index (κ1) is 7.21. The number of hydrogen-bond acceptors (Lipinski definition) is 2. The molecule has 3 heteroatoms. The molecule has 1 N–H and O–H groups in total. The van der Waals surface area contributed by atoms with Crippen molar-refractivity contribution in [3.8, 4) is 0 Å². The minimum atomic E-state index is -0.727. The highest BCUT2D eigenvalue weighted by molar-refractivity contribution is 6.19. The minimum absolute atomic E-state index is 0.515. The molecule has 0 bridgehead atoms. The second-order valence-corrected chi connectivity index (χ2v) is 2.20. The maximum Gasteiger partial charge on any atom is 0.140 e. The fourth-order valence-electron chi connectivity index (χ4n) is 0.301. The maximum atomic E-state index is 8.45. The van der Waals surface area contributed by atoms with Crippen LogP contribution in [0.3, 0.4) is 0 Å². The van der Waals surface area contributed by atoms with E-state index in [1.165, 1.54) is 0 Å². The van der Waals surface area contributed by atoms with E-state index in [1.807, 2.05) is 19.0 Å². The van der Waals surface area contributed by atoms with Crippen LogP contribution in [0.25, 0.3) is 0 Å². The van der Waals surface area contributed by atoms with Gasteiger partial charge in [0.1, 0.15) is 5.56 Å². The molecule has 0 saturated heterocycles. The van der Waals surface area contributed by atoms with E-state index in [9.17, 15) is 0 Å². The molecule has 44 valence electrons. The third kappa shape index (κ3) is 6.21. The van der Waals surface area contributed by atoms with Crippen molar-refractivity contribution in [2.45, 2.75) is 5.56 Å². The summed E-state index contributed by atoms with van der Waals surface area (Å²) in [7, 11) is 3.71. The topological polar surface area (TPSA) is 23.5 Å². The van der Waals surface area contributed by atoms with Gasteiger partial charge in [0.15, 0.2) is 0 Å². The van der Waals surface area contributed by atoms with Gasteiger partial charge in [-0.2, -0.15) is 0 Å². The summed E-state index contributed by atoms with van der Waals surface area (Å²) in [5, 5.41) is 8.45. The molecule has 0 aliphatic heterocycles. The quantitative estimate of drug-likeness (QED) is 0.527. The van der Waals surface area contributed by atoms with E-state index in [0.717, 1.165) is 0 Å². The first-order chi connectivity index (χ1) is 3.13. The summed E-state index contributed by atoms with van der Waals surface area (Å²) in [4.78, 5) is 1.82. The van der Waals surface area contributed by atoms with Crippen LogP contribution in [0.4, 0.5) is 0 Å². The van der Waals surface area contributed by atoms with E-state index in [-0.39, 0.29) is 0 Å². The van der Waals surface area contributed by atoms with Gasteiger partial charge in [-0.15, -0.1) is 0 Å². The number of rotatable bonds is 2. The molecule has 0 fully saturated rings. The van der Waals surface area contributed by atoms with Crippen molar-refractivity contribution in [1.82, 2.24) is 4.90 Å². The summed E-state index contributed by atoms with van der Waals surface area (Å²) in [6.45, 7) is 0.515. The van der Waals surface area contributed by atoms with Crippen LogP contribution in [-0.4, -0.2) is 36.2 Å². The number of hydrogen-bond donors (Lipinski definition) is 1. The molecule has 1 unspecified atom stereocenters. The SMILES string of the molecule is CN(C)CC(O)Cl. The van der Waals surface area contributed by atoms with E-state index in [0.29, 0.717) is 6.54 Å². The number of halogens is 1. The van der Waals surface area contributed by atoms with Crippen molar-refractivity contribution in [1.29, 1.82) is 0 Å². The molecule has 0 aliphatic rings. The molecule has 7 heavy (non-hydrogen) atoms. The Morgan fingerprint density at radius 3 is 2.14 bits per heavy atom. The minimum Gasteiger partial charge on any atom is -0.376 e. The summed E-state index contributed by atoms with van der Waals surface area (Å²) in [5.41, 5.74) is -0.727. The zero-order valence-corrected chi connectivity index (χ0v) is 5.31. The standard InChI is InChI=1S/C4H10ClNO/c1-6(2)3-4(5)7/h4,7H,3H2,1-2H3. The molecule has 0 rings (SSSR count). The average Bonchev–Trinajstić information content (AvgIpc) is 1.27. The summed E-state index contributed by atoms with van der Waals surface area (Å²) >= 11 is 5.19. The number of likely N-dealkylation sites (N-methyl/N-ethyl adjacent to an activating group) is 1. The molecule has 0 amide bonds. The second-order valence-electron chi connectivity index (χ2n) is 1.70. The lowest BCUT2D eigenvalue weighted by Gasteiger charge is -2.08. The van der Waals surface area contributed by atoms with E-state index in [1.54, 1.807) is 0 Å². The summed E-state index contributed by atoms with van der Waals surface area (Å²) in [5.74, 6) is 0. The van der Waals surface area contributed by atoms with Crippen LogP contribution >= 0.6 is 11.6 Å². The van der Waals surface area contributed by atoms with Crippen molar-refractivity contribution in [3.63, 3.8) is 0 Å². The van der Waals surface area contributed by atoms with E-state index >= 15 is 0 Å². The zero-order valence-electron chi connectivity index (χ0n) is 4.56. The van der Waals surface area contributed by atoms with Gasteiger partial charge in [0.25, 0.3) is 0 Å². The predicted octanol–water partition coefficient (Wildman–Crippen LogP) is 0.105. The molecular weight excluding hydrogens is 114 g/mol. The number of nitrogens with zero attached hydrogens (tertiary/aromatic N) is 1. The molecule has 0 aromatic rings. The Bertz CT molecular complexity index is 41.0. The van der Waals surface area contributed by atoms with Gasteiger partial charge in [0.05, 0.1) is 0 Å². The third-order valence-corrected chi connectivity index (χ3v) is 0.654. The highest BCUT2D eigenvalue weighted by Gasteiger charge is 1.96. The molecule has 0 radical (unpaired) electrons. The van der Waals surface area contributed by atoms with Crippen LogP contribution in [0, 0.1) is 0 Å². The first-order valence-corrected chi connectivity index (χ1v) is 2.53. The average molecular weight is 124 g/mol. The molecule has 0 saturated carbocycles. The van der Waals surface area contributed by atoms with Crippen molar-refractivity contribution < 1.29 is 5.11 Å². The van der Waals surface area contributed by atoms with E-state index in [2.05, 4.69) is 0 Å². The lowest BCUT2D eigenvalue weighted by Crippen LogP contribution is -2.21.